The van der Waals surface area contributed by atoms with E-state index in [1.54, 1.807) is 35.1 Å². The molecule has 0 aliphatic carbocycles. The van der Waals surface area contributed by atoms with E-state index in [4.69, 9.17) is 10.7 Å². The Balaban J connectivity index is 1.38. The molecule has 3 aromatic heterocycles. The average Bonchev–Trinajstić information content (AvgIpc) is 3.37. The molecule has 3 N–H and O–H groups in total. The number of aromatic nitrogens is 4. The molecule has 7 heteroatoms. The van der Waals surface area contributed by atoms with E-state index in [0.29, 0.717) is 35.1 Å². The number of nitrogens with two attached hydrogens (primary N) is 1. The van der Waals surface area contributed by atoms with Crippen molar-refractivity contribution >= 4 is 11.5 Å². The van der Waals surface area contributed by atoms with Crippen molar-refractivity contribution < 1.29 is 4.39 Å². The van der Waals surface area contributed by atoms with Crippen molar-refractivity contribution in [2.24, 2.45) is 0 Å². The number of nitrogens with zero attached hydrogens (tertiary/aromatic N) is 4. The summed E-state index contributed by atoms with van der Waals surface area (Å²) in [6.45, 7) is 0. The molecule has 0 spiro atoms. The number of benzene rings is 1. The van der Waals surface area contributed by atoms with E-state index in [0.717, 1.165) is 35.3 Å². The first-order valence-electron chi connectivity index (χ1n) is 10.8. The molecule has 2 saturated heterocycles. The summed E-state index contributed by atoms with van der Waals surface area (Å²) in [5, 5.41) is 8.13. The van der Waals surface area contributed by atoms with Crippen molar-refractivity contribution in [1.82, 2.24) is 24.9 Å². The van der Waals surface area contributed by atoms with Crippen LogP contribution in [-0.4, -0.2) is 31.7 Å². The quantitative estimate of drug-likeness (QED) is 0.526. The van der Waals surface area contributed by atoms with Crippen LogP contribution in [0, 0.1) is 5.82 Å². The number of nitrogen functional groups attached to an aromatic ring is 1. The predicted octanol–water partition coefficient (Wildman–Crippen LogP) is 4.18. The smallest absolute Gasteiger partial charge is 0.165 e. The lowest BCUT2D eigenvalue weighted by atomic mass is 9.89. The molecular formula is C24H23FN6. The van der Waals surface area contributed by atoms with Crippen molar-refractivity contribution in [2.75, 3.05) is 5.73 Å². The molecule has 2 aliphatic rings. The van der Waals surface area contributed by atoms with Gasteiger partial charge in [-0.05, 0) is 43.9 Å². The molecule has 6 rings (SSSR count). The molecule has 0 amide bonds. The van der Waals surface area contributed by atoms with Crippen LogP contribution >= 0.6 is 0 Å². The van der Waals surface area contributed by atoms with E-state index < -0.39 is 0 Å². The van der Waals surface area contributed by atoms with Crippen molar-refractivity contribution in [3.05, 3.63) is 66.4 Å². The highest BCUT2D eigenvalue weighted by Gasteiger charge is 2.35. The van der Waals surface area contributed by atoms with Crippen LogP contribution in [0.1, 0.15) is 37.3 Å². The van der Waals surface area contributed by atoms with Crippen LogP contribution in [0.4, 0.5) is 10.2 Å². The minimum absolute atomic E-state index is 0.284. The van der Waals surface area contributed by atoms with Crippen LogP contribution in [0.2, 0.25) is 0 Å². The Labute approximate surface area is 179 Å². The topological polar surface area (TPSA) is 81.1 Å². The third kappa shape index (κ3) is 3.16. The lowest BCUT2D eigenvalue weighted by Gasteiger charge is -2.28. The van der Waals surface area contributed by atoms with Gasteiger partial charge in [0, 0.05) is 52.6 Å². The van der Waals surface area contributed by atoms with E-state index in [1.165, 1.54) is 18.9 Å². The number of nitrogens with one attached hydrogen (secondary N) is 1. The fraction of sp³-hybridized carbons (Fsp3) is 0.292. The number of pyridine rings is 1. The number of hydrogen-bond donors (Lipinski definition) is 2. The number of fused-ring (bicyclic) bond motifs is 3. The average molecular weight is 414 g/mol. The van der Waals surface area contributed by atoms with Gasteiger partial charge >= 0.3 is 0 Å². The number of rotatable bonds is 3. The van der Waals surface area contributed by atoms with Crippen LogP contribution in [0.3, 0.4) is 0 Å². The first-order valence-corrected chi connectivity index (χ1v) is 10.8. The van der Waals surface area contributed by atoms with E-state index in [9.17, 15) is 4.39 Å². The van der Waals surface area contributed by atoms with Gasteiger partial charge in [-0.3, -0.25) is 4.98 Å². The standard InChI is InChI=1S/C24H23FN6/c25-20-4-2-1-3-18(20)21-8-5-14(12-27-21)19-13-28-31-23(26)11-22(30-24(19)31)15-9-16-6-7-17(10-15)29-16/h1-5,8,11-13,15-17,29H,6-7,9-10,26H2/t15?,16-,17+. The molecule has 2 aliphatic heterocycles. The minimum Gasteiger partial charge on any atom is -0.384 e. The van der Waals surface area contributed by atoms with Gasteiger partial charge in [0.05, 0.1) is 11.9 Å². The summed E-state index contributed by atoms with van der Waals surface area (Å²) in [4.78, 5) is 9.48. The number of halogens is 1. The minimum atomic E-state index is -0.284. The van der Waals surface area contributed by atoms with Gasteiger partial charge in [-0.1, -0.05) is 18.2 Å². The monoisotopic (exact) mass is 414 g/mol. The van der Waals surface area contributed by atoms with Crippen molar-refractivity contribution in [2.45, 2.75) is 43.7 Å². The normalized spacial score (nSPS) is 22.8. The lowest BCUT2D eigenvalue weighted by molar-refractivity contribution is 0.359. The van der Waals surface area contributed by atoms with Gasteiger partial charge in [-0.15, -0.1) is 0 Å². The molecule has 31 heavy (non-hydrogen) atoms. The summed E-state index contributed by atoms with van der Waals surface area (Å²) in [6.07, 6.45) is 8.21. The van der Waals surface area contributed by atoms with E-state index in [1.807, 2.05) is 18.2 Å². The number of hydrogen-bond acceptors (Lipinski definition) is 5. The van der Waals surface area contributed by atoms with Crippen LogP contribution in [0.15, 0.2) is 54.9 Å². The highest BCUT2D eigenvalue weighted by molar-refractivity contribution is 5.78. The van der Waals surface area contributed by atoms with Gasteiger partial charge in [0.1, 0.15) is 11.6 Å². The molecule has 0 saturated carbocycles. The lowest BCUT2D eigenvalue weighted by Crippen LogP contribution is -2.37. The largest absolute Gasteiger partial charge is 0.384 e. The van der Waals surface area contributed by atoms with E-state index >= 15 is 0 Å². The summed E-state index contributed by atoms with van der Waals surface area (Å²) in [7, 11) is 0. The van der Waals surface area contributed by atoms with Gasteiger partial charge in [-0.2, -0.15) is 9.61 Å². The Morgan fingerprint density at radius 2 is 1.81 bits per heavy atom. The van der Waals surface area contributed by atoms with Crippen molar-refractivity contribution in [3.8, 4) is 22.4 Å². The maximum atomic E-state index is 14.1. The van der Waals surface area contributed by atoms with E-state index in [-0.39, 0.29) is 5.82 Å². The third-order valence-electron chi connectivity index (χ3n) is 6.63. The van der Waals surface area contributed by atoms with Gasteiger partial charge in [0.2, 0.25) is 0 Å². The molecule has 5 heterocycles. The molecule has 2 bridgehead atoms. The first-order chi connectivity index (χ1) is 15.2. The van der Waals surface area contributed by atoms with Crippen LogP contribution in [0.5, 0.6) is 0 Å². The van der Waals surface area contributed by atoms with Gasteiger partial charge in [0.25, 0.3) is 0 Å². The summed E-state index contributed by atoms with van der Waals surface area (Å²) in [6, 6.07) is 13.6. The first kappa shape index (κ1) is 18.4. The second-order valence-corrected chi connectivity index (χ2v) is 8.62. The maximum Gasteiger partial charge on any atom is 0.165 e. The Bertz CT molecular complexity index is 1250. The highest BCUT2D eigenvalue weighted by atomic mass is 19.1. The van der Waals surface area contributed by atoms with Crippen molar-refractivity contribution in [1.29, 1.82) is 0 Å². The molecule has 156 valence electrons. The molecule has 3 atom stereocenters. The Morgan fingerprint density at radius 1 is 1.00 bits per heavy atom. The maximum absolute atomic E-state index is 14.1. The molecule has 1 aromatic carbocycles. The molecule has 0 radical (unpaired) electrons. The SMILES string of the molecule is Nc1cc(C2C[C@H]3CC[C@@H](C2)N3)nc2c(-c3ccc(-c4ccccc4F)nc3)cnn12. The van der Waals surface area contributed by atoms with Crippen LogP contribution < -0.4 is 11.1 Å². The zero-order chi connectivity index (χ0) is 20.9. The highest BCUT2D eigenvalue weighted by Crippen LogP contribution is 2.38. The summed E-state index contributed by atoms with van der Waals surface area (Å²) in [5.74, 6) is 0.720. The molecule has 6 nitrogen and oxygen atoms in total. The Hall–Kier alpha value is -3.32. The molecule has 4 aromatic rings. The zero-order valence-electron chi connectivity index (χ0n) is 17.0. The fourth-order valence-corrected chi connectivity index (χ4v) is 5.10. The molecule has 2 fully saturated rings. The zero-order valence-corrected chi connectivity index (χ0v) is 17.0. The molecular weight excluding hydrogens is 391 g/mol. The van der Waals surface area contributed by atoms with E-state index in [2.05, 4.69) is 15.4 Å². The number of piperidine rings is 1. The predicted molar refractivity (Wildman–Crippen MR) is 118 cm³/mol. The second kappa shape index (κ2) is 7.13. The van der Waals surface area contributed by atoms with Gasteiger partial charge in [-0.25, -0.2) is 9.37 Å². The van der Waals surface area contributed by atoms with Gasteiger partial charge < -0.3 is 11.1 Å². The number of anilines is 1. The molecule has 1 unspecified atom stereocenters. The summed E-state index contributed by atoms with van der Waals surface area (Å²) < 4.78 is 15.8. The Morgan fingerprint density at radius 3 is 2.55 bits per heavy atom. The van der Waals surface area contributed by atoms with Crippen LogP contribution in [-0.2, 0) is 0 Å². The van der Waals surface area contributed by atoms with Crippen molar-refractivity contribution in [3.63, 3.8) is 0 Å². The second-order valence-electron chi connectivity index (χ2n) is 8.62. The fourth-order valence-electron chi connectivity index (χ4n) is 5.10. The third-order valence-corrected chi connectivity index (χ3v) is 6.63. The van der Waals surface area contributed by atoms with Crippen LogP contribution in [0.25, 0.3) is 28.0 Å². The summed E-state index contributed by atoms with van der Waals surface area (Å²) >= 11 is 0. The summed E-state index contributed by atoms with van der Waals surface area (Å²) in [5.41, 5.74) is 11.0. The Kier molecular flexibility index (Phi) is 4.24. The van der Waals surface area contributed by atoms with Gasteiger partial charge in [0.15, 0.2) is 5.65 Å².